The Morgan fingerprint density at radius 3 is 3.07 bits per heavy atom. The Labute approximate surface area is 82.9 Å². The summed E-state index contributed by atoms with van der Waals surface area (Å²) in [5.41, 5.74) is 1.02. The number of hydrogen-bond acceptors (Lipinski definition) is 4. The van der Waals surface area contributed by atoms with Gasteiger partial charge in [-0.2, -0.15) is 0 Å². The molecule has 1 rings (SSSR count). The summed E-state index contributed by atoms with van der Waals surface area (Å²) in [5, 5.41) is 3.11. The molecule has 0 bridgehead atoms. The lowest BCUT2D eigenvalue weighted by molar-refractivity contribution is -0.140. The Kier molecular flexibility index (Phi) is 4.12. The number of carbonyl (C=O) groups is 1. The van der Waals surface area contributed by atoms with Gasteiger partial charge in [-0.25, -0.2) is 4.98 Å². The molecule has 0 saturated heterocycles. The Morgan fingerprint density at radius 2 is 2.50 bits per heavy atom. The molecule has 0 unspecified atom stereocenters. The molecular formula is C9H15N3O2. The lowest BCUT2D eigenvalue weighted by Crippen LogP contribution is -2.18. The molecule has 0 aliphatic heterocycles. The number of hydrogen-bond donors (Lipinski definition) is 2. The number of carbonyl (C=O) groups excluding carboxylic acids is 1. The first-order valence-corrected chi connectivity index (χ1v) is 4.50. The first-order chi connectivity index (χ1) is 6.72. The Balaban J connectivity index is 2.13. The molecule has 1 aromatic rings. The van der Waals surface area contributed by atoms with E-state index in [1.165, 1.54) is 7.11 Å². The van der Waals surface area contributed by atoms with Crippen molar-refractivity contribution in [3.8, 4) is 0 Å². The highest BCUT2D eigenvalue weighted by atomic mass is 16.5. The van der Waals surface area contributed by atoms with Crippen LogP contribution in [0.2, 0.25) is 0 Å². The number of aromatic nitrogens is 2. The van der Waals surface area contributed by atoms with Gasteiger partial charge in [0.2, 0.25) is 0 Å². The summed E-state index contributed by atoms with van der Waals surface area (Å²) >= 11 is 0. The Bertz CT molecular complexity index is 296. The highest BCUT2D eigenvalue weighted by Gasteiger charge is 1.99. The number of H-pyrrole nitrogens is 1. The van der Waals surface area contributed by atoms with E-state index >= 15 is 0 Å². The molecule has 5 nitrogen and oxygen atoms in total. The van der Waals surface area contributed by atoms with Crippen LogP contribution >= 0.6 is 0 Å². The molecule has 0 aromatic carbocycles. The fourth-order valence-electron chi connectivity index (χ4n) is 1.08. The van der Waals surface area contributed by atoms with Crippen molar-refractivity contribution in [1.82, 2.24) is 15.3 Å². The third-order valence-electron chi connectivity index (χ3n) is 1.80. The average molecular weight is 197 g/mol. The van der Waals surface area contributed by atoms with Crippen LogP contribution in [0.5, 0.6) is 0 Å². The van der Waals surface area contributed by atoms with E-state index in [0.717, 1.165) is 11.5 Å². The van der Waals surface area contributed by atoms with Crippen molar-refractivity contribution in [2.24, 2.45) is 0 Å². The highest BCUT2D eigenvalue weighted by Crippen LogP contribution is 1.94. The number of rotatable bonds is 5. The van der Waals surface area contributed by atoms with Gasteiger partial charge in [-0.3, -0.25) is 4.79 Å². The second-order valence-electron chi connectivity index (χ2n) is 3.00. The van der Waals surface area contributed by atoms with Gasteiger partial charge in [0.15, 0.2) is 0 Å². The van der Waals surface area contributed by atoms with Crippen molar-refractivity contribution in [3.05, 3.63) is 17.7 Å². The quantitative estimate of drug-likeness (QED) is 0.528. The molecule has 0 saturated carbocycles. The molecule has 1 aromatic heterocycles. The summed E-state index contributed by atoms with van der Waals surface area (Å²) in [6.45, 7) is 3.21. The van der Waals surface area contributed by atoms with Crippen molar-refractivity contribution >= 4 is 5.97 Å². The van der Waals surface area contributed by atoms with E-state index in [0.29, 0.717) is 19.5 Å². The number of nitrogens with one attached hydrogen (secondary N) is 2. The van der Waals surface area contributed by atoms with Crippen LogP contribution in [0.1, 0.15) is 17.9 Å². The summed E-state index contributed by atoms with van der Waals surface area (Å²) in [6.07, 6.45) is 2.17. The first kappa shape index (κ1) is 10.7. The average Bonchev–Trinajstić information content (AvgIpc) is 2.58. The molecule has 5 heteroatoms. The van der Waals surface area contributed by atoms with Crippen LogP contribution in [0.25, 0.3) is 0 Å². The topological polar surface area (TPSA) is 67.0 Å². The maximum Gasteiger partial charge on any atom is 0.306 e. The predicted molar refractivity (Wildman–Crippen MR) is 51.7 cm³/mol. The van der Waals surface area contributed by atoms with Crippen LogP contribution < -0.4 is 5.32 Å². The zero-order valence-electron chi connectivity index (χ0n) is 8.46. The smallest absolute Gasteiger partial charge is 0.306 e. The van der Waals surface area contributed by atoms with Gasteiger partial charge in [-0.05, 0) is 6.92 Å². The SMILES string of the molecule is COC(=O)CCNCc1cnc(C)[nH]1. The zero-order chi connectivity index (χ0) is 10.4. The number of imidazole rings is 1. The fraction of sp³-hybridized carbons (Fsp3) is 0.556. The van der Waals surface area contributed by atoms with Gasteiger partial charge in [0.1, 0.15) is 5.82 Å². The number of ether oxygens (including phenoxy) is 1. The van der Waals surface area contributed by atoms with Crippen LogP contribution in [0.4, 0.5) is 0 Å². The molecule has 78 valence electrons. The van der Waals surface area contributed by atoms with Crippen LogP contribution in [0.3, 0.4) is 0 Å². The molecule has 0 aliphatic carbocycles. The Hall–Kier alpha value is -1.36. The number of nitrogens with zero attached hydrogens (tertiary/aromatic N) is 1. The summed E-state index contributed by atoms with van der Waals surface area (Å²) in [5.74, 6) is 0.702. The van der Waals surface area contributed by atoms with Crippen LogP contribution in [-0.4, -0.2) is 29.6 Å². The maximum absolute atomic E-state index is 10.7. The van der Waals surface area contributed by atoms with Crippen LogP contribution in [0, 0.1) is 6.92 Å². The molecule has 0 amide bonds. The van der Waals surface area contributed by atoms with Crippen molar-refractivity contribution in [2.45, 2.75) is 19.9 Å². The lowest BCUT2D eigenvalue weighted by Gasteiger charge is -2.01. The minimum atomic E-state index is -0.196. The molecule has 14 heavy (non-hydrogen) atoms. The Morgan fingerprint density at radius 1 is 1.71 bits per heavy atom. The molecule has 0 spiro atoms. The number of methoxy groups -OCH3 is 1. The van der Waals surface area contributed by atoms with E-state index < -0.39 is 0 Å². The van der Waals surface area contributed by atoms with Crippen molar-refractivity contribution in [2.75, 3.05) is 13.7 Å². The van der Waals surface area contributed by atoms with Crippen molar-refractivity contribution in [3.63, 3.8) is 0 Å². The number of esters is 1. The molecule has 0 atom stereocenters. The lowest BCUT2D eigenvalue weighted by atomic mass is 10.4. The minimum Gasteiger partial charge on any atom is -0.469 e. The van der Waals surface area contributed by atoms with E-state index in [4.69, 9.17) is 0 Å². The van der Waals surface area contributed by atoms with Gasteiger partial charge in [-0.1, -0.05) is 0 Å². The molecule has 2 N–H and O–H groups in total. The number of aryl methyl sites for hydroxylation is 1. The van der Waals surface area contributed by atoms with E-state index in [9.17, 15) is 4.79 Å². The van der Waals surface area contributed by atoms with E-state index in [2.05, 4.69) is 20.0 Å². The van der Waals surface area contributed by atoms with Crippen molar-refractivity contribution < 1.29 is 9.53 Å². The monoisotopic (exact) mass is 197 g/mol. The highest BCUT2D eigenvalue weighted by molar-refractivity contribution is 5.69. The maximum atomic E-state index is 10.7. The number of aromatic amines is 1. The largest absolute Gasteiger partial charge is 0.469 e. The first-order valence-electron chi connectivity index (χ1n) is 4.50. The van der Waals surface area contributed by atoms with Gasteiger partial charge in [0, 0.05) is 25.0 Å². The van der Waals surface area contributed by atoms with Gasteiger partial charge < -0.3 is 15.0 Å². The molecular weight excluding hydrogens is 182 g/mol. The van der Waals surface area contributed by atoms with Crippen LogP contribution in [0.15, 0.2) is 6.20 Å². The zero-order valence-corrected chi connectivity index (χ0v) is 8.46. The van der Waals surface area contributed by atoms with E-state index in [-0.39, 0.29) is 5.97 Å². The summed E-state index contributed by atoms with van der Waals surface area (Å²) < 4.78 is 4.51. The van der Waals surface area contributed by atoms with E-state index in [1.54, 1.807) is 6.20 Å². The predicted octanol–water partition coefficient (Wildman–Crippen LogP) is 0.371. The van der Waals surface area contributed by atoms with Gasteiger partial charge in [0.25, 0.3) is 0 Å². The molecule has 0 radical (unpaired) electrons. The molecule has 1 heterocycles. The molecule has 0 fully saturated rings. The second kappa shape index (κ2) is 5.39. The van der Waals surface area contributed by atoms with Crippen molar-refractivity contribution in [1.29, 1.82) is 0 Å². The third kappa shape index (κ3) is 3.57. The summed E-state index contributed by atoms with van der Waals surface area (Å²) in [4.78, 5) is 17.9. The normalized spacial score (nSPS) is 10.1. The van der Waals surface area contributed by atoms with Gasteiger partial charge in [0.05, 0.1) is 13.5 Å². The third-order valence-corrected chi connectivity index (χ3v) is 1.80. The second-order valence-corrected chi connectivity index (χ2v) is 3.00. The van der Waals surface area contributed by atoms with E-state index in [1.807, 2.05) is 6.92 Å². The van der Waals surface area contributed by atoms with Gasteiger partial charge in [-0.15, -0.1) is 0 Å². The van der Waals surface area contributed by atoms with Crippen LogP contribution in [-0.2, 0) is 16.1 Å². The standard InChI is InChI=1S/C9H15N3O2/c1-7-11-6-8(12-7)5-10-4-3-9(13)14-2/h6,10H,3-5H2,1-2H3,(H,11,12). The summed E-state index contributed by atoms with van der Waals surface area (Å²) in [7, 11) is 1.39. The molecule has 0 aliphatic rings. The fourth-order valence-corrected chi connectivity index (χ4v) is 1.08. The van der Waals surface area contributed by atoms with Gasteiger partial charge >= 0.3 is 5.97 Å². The summed E-state index contributed by atoms with van der Waals surface area (Å²) in [6, 6.07) is 0. The minimum absolute atomic E-state index is 0.196.